The number of hydrogen-bond donors (Lipinski definition) is 1. The number of aromatic nitrogens is 1. The van der Waals surface area contributed by atoms with Crippen molar-refractivity contribution >= 4 is 16.8 Å². The van der Waals surface area contributed by atoms with Gasteiger partial charge in [0.25, 0.3) is 5.91 Å². The Balaban J connectivity index is 1.67. The highest BCUT2D eigenvalue weighted by molar-refractivity contribution is 5.98. The maximum Gasteiger partial charge on any atom is 0.254 e. The number of carbonyl (C=O) groups excluding carboxylic acids is 1. The van der Waals surface area contributed by atoms with Crippen LogP contribution in [0.15, 0.2) is 36.5 Å². The van der Waals surface area contributed by atoms with Gasteiger partial charge in [-0.15, -0.1) is 0 Å². The van der Waals surface area contributed by atoms with E-state index in [-0.39, 0.29) is 11.9 Å². The third kappa shape index (κ3) is 2.10. The zero-order chi connectivity index (χ0) is 14.4. The number of piperidine rings is 1. The number of nitrogens with two attached hydrogens (primary N) is 1. The molecule has 2 unspecified atom stereocenters. The lowest BCUT2D eigenvalue weighted by atomic mass is 9.97. The van der Waals surface area contributed by atoms with Gasteiger partial charge in [-0.05, 0) is 49.9 Å². The zero-order valence-electron chi connectivity index (χ0n) is 11.9. The third-order valence-corrected chi connectivity index (χ3v) is 4.85. The molecule has 1 amide bonds. The van der Waals surface area contributed by atoms with Crippen LogP contribution in [0.4, 0.5) is 0 Å². The Kier molecular flexibility index (Phi) is 2.93. The Morgan fingerprint density at radius 1 is 1.19 bits per heavy atom. The average molecular weight is 281 g/mol. The normalized spacial score (nSPS) is 28.0. The van der Waals surface area contributed by atoms with Crippen LogP contribution in [0.25, 0.3) is 10.9 Å². The molecule has 4 nitrogen and oxygen atoms in total. The van der Waals surface area contributed by atoms with Crippen LogP contribution < -0.4 is 5.73 Å². The first-order valence-corrected chi connectivity index (χ1v) is 7.65. The minimum absolute atomic E-state index is 0.153. The summed E-state index contributed by atoms with van der Waals surface area (Å²) in [4.78, 5) is 19.3. The van der Waals surface area contributed by atoms with Crippen molar-refractivity contribution in [2.75, 3.05) is 0 Å². The zero-order valence-corrected chi connectivity index (χ0v) is 11.9. The SMILES string of the molecule is NC1CC2CCC(C1)N2C(=O)c1ccc2ncccc2c1. The fraction of sp³-hybridized carbons (Fsp3) is 0.412. The molecule has 0 radical (unpaired) electrons. The second kappa shape index (κ2) is 4.81. The fourth-order valence-electron chi connectivity index (χ4n) is 3.91. The first kappa shape index (κ1) is 12.8. The predicted molar refractivity (Wildman–Crippen MR) is 81.9 cm³/mol. The van der Waals surface area contributed by atoms with Gasteiger partial charge in [-0.3, -0.25) is 9.78 Å². The number of amides is 1. The summed E-state index contributed by atoms with van der Waals surface area (Å²) < 4.78 is 0. The topological polar surface area (TPSA) is 59.2 Å². The van der Waals surface area contributed by atoms with Gasteiger partial charge in [0, 0.05) is 35.3 Å². The second-order valence-corrected chi connectivity index (χ2v) is 6.24. The smallest absolute Gasteiger partial charge is 0.254 e. The molecular formula is C17H19N3O. The summed E-state index contributed by atoms with van der Waals surface area (Å²) in [6.45, 7) is 0. The molecule has 2 aliphatic rings. The summed E-state index contributed by atoms with van der Waals surface area (Å²) in [7, 11) is 0. The van der Waals surface area contributed by atoms with Crippen LogP contribution in [0.5, 0.6) is 0 Å². The van der Waals surface area contributed by atoms with Gasteiger partial charge in [-0.25, -0.2) is 0 Å². The molecule has 108 valence electrons. The average Bonchev–Trinajstić information content (AvgIpc) is 2.78. The van der Waals surface area contributed by atoms with Crippen LogP contribution in [0, 0.1) is 0 Å². The number of fused-ring (bicyclic) bond motifs is 3. The van der Waals surface area contributed by atoms with Crippen molar-refractivity contribution in [2.45, 2.75) is 43.8 Å². The summed E-state index contributed by atoms with van der Waals surface area (Å²) >= 11 is 0. The molecule has 2 aliphatic heterocycles. The van der Waals surface area contributed by atoms with Crippen molar-refractivity contribution in [3.63, 3.8) is 0 Å². The van der Waals surface area contributed by atoms with E-state index in [4.69, 9.17) is 5.73 Å². The van der Waals surface area contributed by atoms with Crippen LogP contribution in [-0.4, -0.2) is 33.9 Å². The summed E-state index contributed by atoms with van der Waals surface area (Å²) in [5.41, 5.74) is 7.78. The Morgan fingerprint density at radius 3 is 2.71 bits per heavy atom. The first-order valence-electron chi connectivity index (χ1n) is 7.65. The maximum atomic E-state index is 12.9. The minimum atomic E-state index is 0.153. The van der Waals surface area contributed by atoms with Gasteiger partial charge in [0.15, 0.2) is 0 Å². The van der Waals surface area contributed by atoms with E-state index in [1.54, 1.807) is 6.20 Å². The van der Waals surface area contributed by atoms with Gasteiger partial charge < -0.3 is 10.6 Å². The van der Waals surface area contributed by atoms with Crippen molar-refractivity contribution in [3.05, 3.63) is 42.1 Å². The van der Waals surface area contributed by atoms with Crippen molar-refractivity contribution in [3.8, 4) is 0 Å². The summed E-state index contributed by atoms with van der Waals surface area (Å²) in [6, 6.07) is 10.6. The molecule has 21 heavy (non-hydrogen) atoms. The van der Waals surface area contributed by atoms with Crippen LogP contribution in [0.1, 0.15) is 36.0 Å². The summed E-state index contributed by atoms with van der Waals surface area (Å²) in [6.07, 6.45) is 5.85. The number of nitrogens with zero attached hydrogens (tertiary/aromatic N) is 2. The van der Waals surface area contributed by atoms with Crippen LogP contribution >= 0.6 is 0 Å². The molecule has 2 N–H and O–H groups in total. The van der Waals surface area contributed by atoms with Crippen molar-refractivity contribution in [1.82, 2.24) is 9.88 Å². The van der Waals surface area contributed by atoms with E-state index >= 15 is 0 Å². The molecular weight excluding hydrogens is 262 g/mol. The predicted octanol–water partition coefficient (Wildman–Crippen LogP) is 2.33. The Hall–Kier alpha value is -1.94. The summed E-state index contributed by atoms with van der Waals surface area (Å²) in [5.74, 6) is 0.153. The molecule has 2 aromatic rings. The quantitative estimate of drug-likeness (QED) is 0.872. The van der Waals surface area contributed by atoms with Crippen molar-refractivity contribution in [1.29, 1.82) is 0 Å². The highest BCUT2D eigenvalue weighted by atomic mass is 16.2. The Bertz CT molecular complexity index is 685. The molecule has 4 rings (SSSR count). The molecule has 2 bridgehead atoms. The lowest BCUT2D eigenvalue weighted by molar-refractivity contribution is 0.0575. The van der Waals surface area contributed by atoms with Crippen LogP contribution in [-0.2, 0) is 0 Å². The minimum Gasteiger partial charge on any atom is -0.333 e. The molecule has 2 atom stereocenters. The standard InChI is InChI=1S/C17H19N3O/c18-13-9-14-4-5-15(10-13)20(14)17(21)12-3-6-16-11(8-12)2-1-7-19-16/h1-3,6-8,13-15H,4-5,9-10,18H2. The molecule has 1 aromatic carbocycles. The monoisotopic (exact) mass is 281 g/mol. The highest BCUT2D eigenvalue weighted by Crippen LogP contribution is 2.36. The molecule has 1 aromatic heterocycles. The number of pyridine rings is 1. The van der Waals surface area contributed by atoms with Crippen LogP contribution in [0.2, 0.25) is 0 Å². The molecule has 0 saturated carbocycles. The van der Waals surface area contributed by atoms with E-state index in [0.717, 1.165) is 42.1 Å². The van der Waals surface area contributed by atoms with E-state index in [2.05, 4.69) is 9.88 Å². The Morgan fingerprint density at radius 2 is 1.95 bits per heavy atom. The van der Waals surface area contributed by atoms with E-state index in [0.29, 0.717) is 12.1 Å². The number of carbonyl (C=O) groups is 1. The molecule has 0 aliphatic carbocycles. The second-order valence-electron chi connectivity index (χ2n) is 6.24. The van der Waals surface area contributed by atoms with Gasteiger partial charge >= 0.3 is 0 Å². The molecule has 2 fully saturated rings. The summed E-state index contributed by atoms with van der Waals surface area (Å²) in [5, 5.41) is 1.02. The molecule has 3 heterocycles. The van der Waals surface area contributed by atoms with Gasteiger partial charge in [0.05, 0.1) is 5.52 Å². The molecule has 4 heteroatoms. The maximum absolute atomic E-state index is 12.9. The van der Waals surface area contributed by atoms with Gasteiger partial charge in [-0.2, -0.15) is 0 Å². The van der Waals surface area contributed by atoms with E-state index in [1.165, 1.54) is 0 Å². The van der Waals surface area contributed by atoms with Crippen LogP contribution in [0.3, 0.4) is 0 Å². The number of benzene rings is 1. The number of rotatable bonds is 1. The fourth-order valence-corrected chi connectivity index (χ4v) is 3.91. The third-order valence-electron chi connectivity index (χ3n) is 4.85. The largest absolute Gasteiger partial charge is 0.333 e. The first-order chi connectivity index (χ1) is 10.2. The van der Waals surface area contributed by atoms with Gasteiger partial charge in [0.1, 0.15) is 0 Å². The van der Waals surface area contributed by atoms with Crippen molar-refractivity contribution in [2.24, 2.45) is 5.73 Å². The van der Waals surface area contributed by atoms with Gasteiger partial charge in [0.2, 0.25) is 0 Å². The molecule has 0 spiro atoms. The lowest BCUT2D eigenvalue weighted by Crippen LogP contribution is -2.50. The van der Waals surface area contributed by atoms with Crippen molar-refractivity contribution < 1.29 is 4.79 Å². The molecule has 2 saturated heterocycles. The van der Waals surface area contributed by atoms with Gasteiger partial charge in [-0.1, -0.05) is 6.07 Å². The lowest BCUT2D eigenvalue weighted by Gasteiger charge is -2.37. The van der Waals surface area contributed by atoms with E-state index in [9.17, 15) is 4.79 Å². The Labute approximate surface area is 124 Å². The number of hydrogen-bond acceptors (Lipinski definition) is 3. The van der Waals surface area contributed by atoms with E-state index in [1.807, 2.05) is 30.3 Å². The highest BCUT2D eigenvalue weighted by Gasteiger charge is 2.42. The van der Waals surface area contributed by atoms with E-state index < -0.39 is 0 Å².